The van der Waals surface area contributed by atoms with Crippen molar-refractivity contribution in [2.24, 2.45) is 5.41 Å². The van der Waals surface area contributed by atoms with Gasteiger partial charge in [-0.15, -0.1) is 0 Å². The van der Waals surface area contributed by atoms with E-state index in [1.165, 1.54) is 12.0 Å². The van der Waals surface area contributed by atoms with Crippen LogP contribution in [0.1, 0.15) is 37.7 Å². The SMILES string of the molecule is O=C(COc1ccc(CN2CCC[C@]3(CCC[C@H]3O)C2)cc1)N1CCOCC1. The molecule has 6 heteroatoms. The van der Waals surface area contributed by atoms with Crippen molar-refractivity contribution in [1.82, 2.24) is 9.80 Å². The number of aliphatic hydroxyl groups is 1. The molecule has 6 nitrogen and oxygen atoms in total. The highest BCUT2D eigenvalue weighted by Crippen LogP contribution is 2.45. The molecule has 28 heavy (non-hydrogen) atoms. The van der Waals surface area contributed by atoms with Crippen LogP contribution in [0.25, 0.3) is 0 Å². The molecule has 0 bridgehead atoms. The van der Waals surface area contributed by atoms with Gasteiger partial charge >= 0.3 is 0 Å². The Hall–Kier alpha value is -1.63. The molecule has 1 aromatic carbocycles. The number of carbonyl (C=O) groups is 1. The van der Waals surface area contributed by atoms with Crippen molar-refractivity contribution in [3.8, 4) is 5.75 Å². The Morgan fingerprint density at radius 1 is 1.14 bits per heavy atom. The van der Waals surface area contributed by atoms with Crippen molar-refractivity contribution in [2.75, 3.05) is 46.0 Å². The molecular formula is C22H32N2O4. The zero-order chi connectivity index (χ0) is 19.4. The number of amides is 1. The second kappa shape index (κ2) is 8.80. The Morgan fingerprint density at radius 2 is 1.89 bits per heavy atom. The van der Waals surface area contributed by atoms with Crippen molar-refractivity contribution in [3.05, 3.63) is 29.8 Å². The van der Waals surface area contributed by atoms with Gasteiger partial charge in [0.1, 0.15) is 5.75 Å². The topological polar surface area (TPSA) is 62.2 Å². The van der Waals surface area contributed by atoms with Gasteiger partial charge in [-0.05, 0) is 49.9 Å². The first kappa shape index (κ1) is 19.7. The minimum absolute atomic E-state index is 0.0149. The van der Waals surface area contributed by atoms with Crippen LogP contribution in [0.3, 0.4) is 0 Å². The lowest BCUT2D eigenvalue weighted by Crippen LogP contribution is -2.46. The predicted molar refractivity (Wildman–Crippen MR) is 106 cm³/mol. The molecule has 4 rings (SSSR count). The number of hydrogen-bond acceptors (Lipinski definition) is 5. The van der Waals surface area contributed by atoms with Crippen molar-refractivity contribution in [2.45, 2.75) is 44.8 Å². The molecular weight excluding hydrogens is 356 g/mol. The average molecular weight is 389 g/mol. The van der Waals surface area contributed by atoms with Crippen molar-refractivity contribution in [1.29, 1.82) is 0 Å². The highest BCUT2D eigenvalue weighted by Gasteiger charge is 2.44. The molecule has 0 aromatic heterocycles. The maximum absolute atomic E-state index is 12.2. The summed E-state index contributed by atoms with van der Waals surface area (Å²) in [6, 6.07) is 8.07. The fourth-order valence-corrected chi connectivity index (χ4v) is 4.99. The van der Waals surface area contributed by atoms with Crippen LogP contribution in [0.2, 0.25) is 0 Å². The lowest BCUT2D eigenvalue weighted by atomic mass is 9.76. The molecule has 2 atom stereocenters. The molecule has 3 aliphatic rings. The minimum atomic E-state index is -0.130. The summed E-state index contributed by atoms with van der Waals surface area (Å²) >= 11 is 0. The molecule has 1 amide bonds. The van der Waals surface area contributed by atoms with Crippen molar-refractivity contribution < 1.29 is 19.4 Å². The van der Waals surface area contributed by atoms with Crippen LogP contribution in [-0.4, -0.2) is 72.9 Å². The molecule has 1 saturated carbocycles. The molecule has 0 unspecified atom stereocenters. The first-order chi connectivity index (χ1) is 13.6. The minimum Gasteiger partial charge on any atom is -0.484 e. The number of rotatable bonds is 5. The quantitative estimate of drug-likeness (QED) is 0.837. The summed E-state index contributed by atoms with van der Waals surface area (Å²) in [6.07, 6.45) is 5.48. The number of morpholine rings is 1. The zero-order valence-electron chi connectivity index (χ0n) is 16.6. The molecule has 2 saturated heterocycles. The summed E-state index contributed by atoms with van der Waals surface area (Å²) in [5, 5.41) is 10.4. The Bertz CT molecular complexity index is 659. The Morgan fingerprint density at radius 3 is 2.61 bits per heavy atom. The molecule has 3 fully saturated rings. The normalized spacial score (nSPS) is 28.6. The van der Waals surface area contributed by atoms with E-state index >= 15 is 0 Å². The van der Waals surface area contributed by atoms with E-state index < -0.39 is 0 Å². The Labute approximate surface area is 167 Å². The van der Waals surface area contributed by atoms with Crippen LogP contribution >= 0.6 is 0 Å². The van der Waals surface area contributed by atoms with E-state index in [9.17, 15) is 9.90 Å². The third-order valence-corrected chi connectivity index (χ3v) is 6.60. The summed E-state index contributed by atoms with van der Waals surface area (Å²) in [6.45, 7) is 5.58. The maximum Gasteiger partial charge on any atom is 0.260 e. The number of hydrogen-bond donors (Lipinski definition) is 1. The van der Waals surface area contributed by atoms with Gasteiger partial charge in [-0.25, -0.2) is 0 Å². The number of ether oxygens (including phenoxy) is 2. The maximum atomic E-state index is 12.2. The number of likely N-dealkylation sites (tertiary alicyclic amines) is 1. The first-order valence-electron chi connectivity index (χ1n) is 10.6. The number of benzene rings is 1. The number of aliphatic hydroxyl groups excluding tert-OH is 1. The van der Waals surface area contributed by atoms with E-state index in [1.807, 2.05) is 12.1 Å². The smallest absolute Gasteiger partial charge is 0.260 e. The fourth-order valence-electron chi connectivity index (χ4n) is 4.99. The van der Waals surface area contributed by atoms with Gasteiger partial charge in [0, 0.05) is 31.6 Å². The summed E-state index contributed by atoms with van der Waals surface area (Å²) in [5.74, 6) is 0.743. The summed E-state index contributed by atoms with van der Waals surface area (Å²) in [5.41, 5.74) is 1.37. The Balaban J connectivity index is 1.27. The molecule has 2 heterocycles. The predicted octanol–water partition coefficient (Wildman–Crippen LogP) is 2.05. The summed E-state index contributed by atoms with van der Waals surface area (Å²) in [4.78, 5) is 16.4. The third kappa shape index (κ3) is 4.50. The van der Waals surface area contributed by atoms with Gasteiger partial charge < -0.3 is 19.5 Å². The summed E-state index contributed by atoms with van der Waals surface area (Å²) < 4.78 is 10.9. The summed E-state index contributed by atoms with van der Waals surface area (Å²) in [7, 11) is 0. The highest BCUT2D eigenvalue weighted by molar-refractivity contribution is 5.77. The van der Waals surface area contributed by atoms with Crippen LogP contribution in [0, 0.1) is 5.41 Å². The molecule has 154 valence electrons. The molecule has 1 N–H and O–H groups in total. The largest absolute Gasteiger partial charge is 0.484 e. The molecule has 1 aromatic rings. The van der Waals surface area contributed by atoms with E-state index in [1.54, 1.807) is 4.90 Å². The van der Waals surface area contributed by atoms with Gasteiger partial charge in [0.2, 0.25) is 0 Å². The van der Waals surface area contributed by atoms with E-state index in [-0.39, 0.29) is 24.0 Å². The van der Waals surface area contributed by atoms with Crippen LogP contribution in [0.5, 0.6) is 5.75 Å². The van der Waals surface area contributed by atoms with Crippen LogP contribution < -0.4 is 4.74 Å². The average Bonchev–Trinajstić information content (AvgIpc) is 3.07. The van der Waals surface area contributed by atoms with E-state index in [0.29, 0.717) is 26.3 Å². The number of carbonyl (C=O) groups excluding carboxylic acids is 1. The van der Waals surface area contributed by atoms with Crippen LogP contribution in [0.15, 0.2) is 24.3 Å². The van der Waals surface area contributed by atoms with Crippen molar-refractivity contribution in [3.63, 3.8) is 0 Å². The van der Waals surface area contributed by atoms with Gasteiger partial charge in [0.15, 0.2) is 6.61 Å². The van der Waals surface area contributed by atoms with Gasteiger partial charge in [0.05, 0.1) is 19.3 Å². The fraction of sp³-hybridized carbons (Fsp3) is 0.682. The number of nitrogens with zero attached hydrogens (tertiary/aromatic N) is 2. The third-order valence-electron chi connectivity index (χ3n) is 6.60. The lowest BCUT2D eigenvalue weighted by Gasteiger charge is -2.42. The second-order valence-electron chi connectivity index (χ2n) is 8.51. The van der Waals surface area contributed by atoms with Gasteiger partial charge in [0.25, 0.3) is 5.91 Å². The monoisotopic (exact) mass is 388 g/mol. The van der Waals surface area contributed by atoms with Gasteiger partial charge in [-0.1, -0.05) is 18.6 Å². The number of piperidine rings is 1. The molecule has 1 spiro atoms. The highest BCUT2D eigenvalue weighted by atomic mass is 16.5. The Kier molecular flexibility index (Phi) is 6.19. The zero-order valence-corrected chi connectivity index (χ0v) is 16.6. The van der Waals surface area contributed by atoms with E-state index in [0.717, 1.165) is 51.1 Å². The van der Waals surface area contributed by atoms with E-state index in [4.69, 9.17) is 9.47 Å². The molecule has 1 aliphatic carbocycles. The first-order valence-corrected chi connectivity index (χ1v) is 10.6. The van der Waals surface area contributed by atoms with Crippen LogP contribution in [-0.2, 0) is 16.1 Å². The second-order valence-corrected chi connectivity index (χ2v) is 8.51. The van der Waals surface area contributed by atoms with E-state index in [2.05, 4.69) is 17.0 Å². The molecule has 0 radical (unpaired) electrons. The van der Waals surface area contributed by atoms with Crippen LogP contribution in [0.4, 0.5) is 0 Å². The molecule has 2 aliphatic heterocycles. The van der Waals surface area contributed by atoms with Crippen molar-refractivity contribution >= 4 is 5.91 Å². The lowest BCUT2D eigenvalue weighted by molar-refractivity contribution is -0.137. The van der Waals surface area contributed by atoms with Gasteiger partial charge in [-0.2, -0.15) is 0 Å². The standard InChI is InChI=1S/C22H32N2O4/c25-20-3-1-8-22(20)9-2-10-23(17-22)15-18-4-6-19(7-5-18)28-16-21(26)24-11-13-27-14-12-24/h4-7,20,25H,1-3,8-17H2/t20-,22-/m1/s1. The van der Waals surface area contributed by atoms with Gasteiger partial charge in [-0.3, -0.25) is 9.69 Å².